The zero-order valence-corrected chi connectivity index (χ0v) is 13.4. The summed E-state index contributed by atoms with van der Waals surface area (Å²) in [6, 6.07) is 12.4. The van der Waals surface area contributed by atoms with Gasteiger partial charge >= 0.3 is 5.69 Å². The summed E-state index contributed by atoms with van der Waals surface area (Å²) in [4.78, 5) is 14.6. The molecule has 24 heavy (non-hydrogen) atoms. The third-order valence-corrected chi connectivity index (χ3v) is 4.53. The quantitative estimate of drug-likeness (QED) is 0.483. The van der Waals surface area contributed by atoms with Gasteiger partial charge in [-0.25, -0.2) is 0 Å². The van der Waals surface area contributed by atoms with Crippen molar-refractivity contribution in [1.82, 2.24) is 0 Å². The predicted molar refractivity (Wildman–Crippen MR) is 94.3 cm³/mol. The van der Waals surface area contributed by atoms with E-state index < -0.39 is 4.92 Å². The van der Waals surface area contributed by atoms with Crippen LogP contribution >= 0.6 is 0 Å². The molecule has 0 aliphatic heterocycles. The van der Waals surface area contributed by atoms with Crippen LogP contribution in [-0.2, 0) is 0 Å². The van der Waals surface area contributed by atoms with Crippen LogP contribution in [0.2, 0.25) is 0 Å². The Morgan fingerprint density at radius 2 is 1.79 bits per heavy atom. The molecule has 1 aliphatic carbocycles. The summed E-state index contributed by atoms with van der Waals surface area (Å²) in [5, 5.41) is 20.3. The number of phenols is 1. The number of rotatable bonds is 4. The first-order chi connectivity index (χ1) is 11.6. The molecule has 3 rings (SSSR count). The van der Waals surface area contributed by atoms with E-state index in [-0.39, 0.29) is 11.4 Å². The average Bonchev–Trinajstić information content (AvgIpc) is 2.62. The van der Waals surface area contributed by atoms with Crippen LogP contribution < -0.4 is 0 Å². The Morgan fingerprint density at radius 3 is 2.46 bits per heavy atom. The molecule has 1 fully saturated rings. The second-order valence-corrected chi connectivity index (χ2v) is 6.19. The number of nitro groups is 1. The van der Waals surface area contributed by atoms with Crippen LogP contribution in [0.25, 0.3) is 0 Å². The lowest BCUT2D eigenvalue weighted by molar-refractivity contribution is -0.385. The number of nitrogens with zero attached hydrogens (tertiary/aromatic N) is 2. The summed E-state index contributed by atoms with van der Waals surface area (Å²) in [6.07, 6.45) is 8.06. The number of aliphatic imine (C=N–C) groups is 1. The largest absolute Gasteiger partial charge is 0.502 e. The highest BCUT2D eigenvalue weighted by Crippen LogP contribution is 2.33. The van der Waals surface area contributed by atoms with Gasteiger partial charge in [0, 0.05) is 12.3 Å². The molecule has 5 nitrogen and oxygen atoms in total. The lowest BCUT2D eigenvalue weighted by Crippen LogP contribution is -2.03. The minimum absolute atomic E-state index is 0.313. The number of aromatic hydroxyl groups is 1. The van der Waals surface area contributed by atoms with Crippen molar-refractivity contribution in [3.05, 3.63) is 63.7 Å². The predicted octanol–water partition coefficient (Wildman–Crippen LogP) is 5.10. The molecule has 0 unspecified atom stereocenters. The van der Waals surface area contributed by atoms with Crippen molar-refractivity contribution in [2.75, 3.05) is 0 Å². The molecule has 0 saturated heterocycles. The SMILES string of the molecule is O=[N+]([O-])c1cc(C=Nc2ccc(C3CCCCC3)cc2)ccc1O. The molecule has 124 valence electrons. The molecule has 0 aromatic heterocycles. The third kappa shape index (κ3) is 3.79. The molecule has 0 amide bonds. The summed E-state index contributed by atoms with van der Waals surface area (Å²) in [6.45, 7) is 0. The topological polar surface area (TPSA) is 75.7 Å². The number of hydrogen-bond acceptors (Lipinski definition) is 4. The standard InChI is InChI=1S/C19H20N2O3/c22-19-11-6-14(12-18(19)21(23)24)13-20-17-9-7-16(8-10-17)15-4-2-1-3-5-15/h6-13,15,22H,1-5H2. The molecule has 1 aliphatic rings. The van der Waals surface area contributed by atoms with Gasteiger partial charge < -0.3 is 5.11 Å². The van der Waals surface area contributed by atoms with Crippen molar-refractivity contribution < 1.29 is 10.0 Å². The van der Waals surface area contributed by atoms with Crippen molar-refractivity contribution in [3.63, 3.8) is 0 Å². The maximum Gasteiger partial charge on any atom is 0.311 e. The van der Waals surface area contributed by atoms with Gasteiger partial charge in [0.15, 0.2) is 5.75 Å². The van der Waals surface area contributed by atoms with Gasteiger partial charge in [-0.15, -0.1) is 0 Å². The third-order valence-electron chi connectivity index (χ3n) is 4.53. The van der Waals surface area contributed by atoms with Crippen molar-refractivity contribution in [3.8, 4) is 5.75 Å². The van der Waals surface area contributed by atoms with Crippen LogP contribution in [0.15, 0.2) is 47.5 Å². The van der Waals surface area contributed by atoms with Gasteiger partial charge in [-0.3, -0.25) is 15.1 Å². The summed E-state index contributed by atoms with van der Waals surface area (Å²) >= 11 is 0. The van der Waals surface area contributed by atoms with Crippen molar-refractivity contribution in [2.45, 2.75) is 38.0 Å². The highest BCUT2D eigenvalue weighted by molar-refractivity contribution is 5.83. The Morgan fingerprint density at radius 1 is 1.08 bits per heavy atom. The van der Waals surface area contributed by atoms with Crippen LogP contribution in [0.5, 0.6) is 5.75 Å². The van der Waals surface area contributed by atoms with Crippen molar-refractivity contribution in [2.24, 2.45) is 4.99 Å². The zero-order valence-electron chi connectivity index (χ0n) is 13.4. The monoisotopic (exact) mass is 324 g/mol. The summed E-state index contributed by atoms with van der Waals surface area (Å²) in [5.74, 6) is 0.325. The van der Waals surface area contributed by atoms with E-state index in [1.165, 1.54) is 49.8 Å². The molecular weight excluding hydrogens is 304 g/mol. The maximum absolute atomic E-state index is 10.8. The van der Waals surface area contributed by atoms with Gasteiger partial charge in [0.2, 0.25) is 0 Å². The Bertz CT molecular complexity index is 748. The lowest BCUT2D eigenvalue weighted by atomic mass is 9.84. The van der Waals surface area contributed by atoms with E-state index in [2.05, 4.69) is 17.1 Å². The van der Waals surface area contributed by atoms with E-state index in [9.17, 15) is 15.2 Å². The molecule has 0 radical (unpaired) electrons. The molecule has 5 heteroatoms. The number of benzene rings is 2. The first-order valence-electron chi connectivity index (χ1n) is 8.25. The highest BCUT2D eigenvalue weighted by atomic mass is 16.6. The molecule has 1 saturated carbocycles. The summed E-state index contributed by atoms with van der Waals surface area (Å²) < 4.78 is 0. The minimum atomic E-state index is -0.606. The number of phenolic OH excluding ortho intramolecular Hbond substituents is 1. The minimum Gasteiger partial charge on any atom is -0.502 e. The fourth-order valence-corrected chi connectivity index (χ4v) is 3.18. The zero-order chi connectivity index (χ0) is 16.9. The van der Waals surface area contributed by atoms with E-state index in [4.69, 9.17) is 0 Å². The molecule has 0 bridgehead atoms. The summed E-state index contributed by atoms with van der Waals surface area (Å²) in [5.41, 5.74) is 2.45. The fourth-order valence-electron chi connectivity index (χ4n) is 3.18. The van der Waals surface area contributed by atoms with E-state index >= 15 is 0 Å². The van der Waals surface area contributed by atoms with Gasteiger partial charge in [0.05, 0.1) is 10.6 Å². The van der Waals surface area contributed by atoms with Gasteiger partial charge in [-0.2, -0.15) is 0 Å². The Kier molecular flexibility index (Phi) is 4.89. The van der Waals surface area contributed by atoms with Gasteiger partial charge in [-0.1, -0.05) is 31.4 Å². The molecule has 0 atom stereocenters. The Hall–Kier alpha value is -2.69. The van der Waals surface area contributed by atoms with Gasteiger partial charge in [0.25, 0.3) is 0 Å². The molecule has 1 N–H and O–H groups in total. The first kappa shape index (κ1) is 16.2. The lowest BCUT2D eigenvalue weighted by Gasteiger charge is -2.21. The molecule has 2 aromatic rings. The molecular formula is C19H20N2O3. The molecule has 2 aromatic carbocycles. The maximum atomic E-state index is 10.8. The highest BCUT2D eigenvalue weighted by Gasteiger charge is 2.15. The van der Waals surface area contributed by atoms with E-state index in [1.54, 1.807) is 12.3 Å². The van der Waals surface area contributed by atoms with Gasteiger partial charge in [-0.05, 0) is 54.2 Å². The van der Waals surface area contributed by atoms with Crippen LogP contribution in [-0.4, -0.2) is 16.2 Å². The van der Waals surface area contributed by atoms with E-state index in [0.29, 0.717) is 11.5 Å². The summed E-state index contributed by atoms with van der Waals surface area (Å²) in [7, 11) is 0. The number of hydrogen-bond donors (Lipinski definition) is 1. The first-order valence-corrected chi connectivity index (χ1v) is 8.25. The molecule has 0 heterocycles. The van der Waals surface area contributed by atoms with Crippen LogP contribution in [0.4, 0.5) is 11.4 Å². The van der Waals surface area contributed by atoms with Crippen LogP contribution in [0.3, 0.4) is 0 Å². The smallest absolute Gasteiger partial charge is 0.311 e. The second kappa shape index (κ2) is 7.25. The van der Waals surface area contributed by atoms with Crippen LogP contribution in [0.1, 0.15) is 49.1 Å². The van der Waals surface area contributed by atoms with Crippen molar-refractivity contribution >= 4 is 17.6 Å². The Labute approximate surface area is 140 Å². The normalized spacial score (nSPS) is 15.7. The number of nitro benzene ring substituents is 1. The fraction of sp³-hybridized carbons (Fsp3) is 0.316. The second-order valence-electron chi connectivity index (χ2n) is 6.19. The van der Waals surface area contributed by atoms with Crippen LogP contribution in [0, 0.1) is 10.1 Å². The molecule has 0 spiro atoms. The van der Waals surface area contributed by atoms with E-state index in [0.717, 1.165) is 5.69 Å². The van der Waals surface area contributed by atoms with E-state index in [1.807, 2.05) is 12.1 Å². The Balaban J connectivity index is 1.72. The average molecular weight is 324 g/mol. The van der Waals surface area contributed by atoms with Gasteiger partial charge in [0.1, 0.15) is 0 Å². The van der Waals surface area contributed by atoms with Crippen molar-refractivity contribution in [1.29, 1.82) is 0 Å².